The average molecular weight is 619 g/mol. The Labute approximate surface area is 253 Å². The van der Waals surface area contributed by atoms with Gasteiger partial charge in [-0.25, -0.2) is 8.42 Å². The van der Waals surface area contributed by atoms with Gasteiger partial charge in [0.25, 0.3) is 10.0 Å². The van der Waals surface area contributed by atoms with Crippen LogP contribution >= 0.6 is 23.2 Å². The highest BCUT2D eigenvalue weighted by Crippen LogP contribution is 2.30. The number of amides is 2. The number of halogens is 2. The molecular weight excluding hydrogens is 581 g/mol. The molecule has 0 bridgehead atoms. The first-order chi connectivity index (χ1) is 19.0. The molecule has 10 heteroatoms. The van der Waals surface area contributed by atoms with Crippen LogP contribution in [0.5, 0.6) is 0 Å². The second-order valence-electron chi connectivity index (χ2n) is 11.3. The van der Waals surface area contributed by atoms with Gasteiger partial charge in [0.1, 0.15) is 12.6 Å². The molecule has 0 spiro atoms. The van der Waals surface area contributed by atoms with Gasteiger partial charge in [-0.1, -0.05) is 64.7 Å². The molecule has 3 rings (SSSR count). The third-order valence-electron chi connectivity index (χ3n) is 6.56. The molecular formula is C31H37Cl2N3O4S. The van der Waals surface area contributed by atoms with Gasteiger partial charge >= 0.3 is 0 Å². The maximum absolute atomic E-state index is 14.1. The lowest BCUT2D eigenvalue weighted by molar-refractivity contribution is -0.140. The predicted molar refractivity (Wildman–Crippen MR) is 166 cm³/mol. The van der Waals surface area contributed by atoms with Crippen molar-refractivity contribution >= 4 is 50.7 Å². The van der Waals surface area contributed by atoms with Gasteiger partial charge in [0.2, 0.25) is 11.8 Å². The van der Waals surface area contributed by atoms with Crippen LogP contribution in [-0.2, 0) is 26.2 Å². The van der Waals surface area contributed by atoms with Crippen molar-refractivity contribution in [3.8, 4) is 0 Å². The number of anilines is 1. The first-order valence-electron chi connectivity index (χ1n) is 13.2. The normalized spacial score (nSPS) is 12.5. The standard InChI is InChI=1S/C31H37Cl2N3O4S/c1-20-11-14-24(15-12-20)41(39,40)36(28-16-13-21(2)17-22(28)3)19-29(37)35(23(4)30(38)34-31(5,6)7)18-25-26(32)9-8-10-27(25)33/h8-17,23H,18-19H2,1-7H3,(H,34,38)/t23-/m0/s1. The average Bonchev–Trinajstić information content (AvgIpc) is 2.86. The van der Waals surface area contributed by atoms with Crippen LogP contribution in [-0.4, -0.2) is 43.3 Å². The molecule has 1 N–H and O–H groups in total. The Kier molecular flexibility index (Phi) is 10.2. The van der Waals surface area contributed by atoms with Crippen LogP contribution in [0.1, 0.15) is 49.9 Å². The summed E-state index contributed by atoms with van der Waals surface area (Å²) >= 11 is 12.9. The van der Waals surface area contributed by atoms with Crippen LogP contribution in [0.2, 0.25) is 10.0 Å². The molecule has 0 heterocycles. The number of rotatable bonds is 9. The number of benzene rings is 3. The van der Waals surface area contributed by atoms with Crippen molar-refractivity contribution in [3.63, 3.8) is 0 Å². The SMILES string of the molecule is Cc1ccc(S(=O)(=O)N(CC(=O)N(Cc2c(Cl)cccc2Cl)[C@@H](C)C(=O)NC(C)(C)C)c2ccc(C)cc2C)cc1. The number of nitrogens with one attached hydrogen (secondary N) is 1. The van der Waals surface area contributed by atoms with Gasteiger partial charge in [0.15, 0.2) is 0 Å². The topological polar surface area (TPSA) is 86.8 Å². The summed E-state index contributed by atoms with van der Waals surface area (Å²) < 4.78 is 29.2. The minimum absolute atomic E-state index is 0.0510. The van der Waals surface area contributed by atoms with Crippen LogP contribution in [0.3, 0.4) is 0 Å². The second kappa shape index (κ2) is 12.8. The molecule has 220 valence electrons. The summed E-state index contributed by atoms with van der Waals surface area (Å²) in [7, 11) is -4.17. The molecule has 3 aromatic rings. The van der Waals surface area contributed by atoms with E-state index < -0.39 is 40.0 Å². The smallest absolute Gasteiger partial charge is 0.264 e. The number of carbonyl (C=O) groups excluding carboxylic acids is 2. The molecule has 0 aliphatic rings. The van der Waals surface area contributed by atoms with E-state index in [2.05, 4.69) is 5.32 Å². The first kappa shape index (κ1) is 32.4. The number of carbonyl (C=O) groups is 2. The van der Waals surface area contributed by atoms with Crippen molar-refractivity contribution in [1.29, 1.82) is 0 Å². The van der Waals surface area contributed by atoms with E-state index in [0.717, 1.165) is 15.4 Å². The van der Waals surface area contributed by atoms with Gasteiger partial charge in [0.05, 0.1) is 10.6 Å². The summed E-state index contributed by atoms with van der Waals surface area (Å²) in [5, 5.41) is 3.56. The zero-order valence-electron chi connectivity index (χ0n) is 24.5. The Balaban J connectivity index is 2.11. The molecule has 0 aromatic heterocycles. The second-order valence-corrected chi connectivity index (χ2v) is 13.9. The van der Waals surface area contributed by atoms with Gasteiger partial charge in [-0.3, -0.25) is 13.9 Å². The molecule has 1 atom stereocenters. The van der Waals surface area contributed by atoms with E-state index in [1.165, 1.54) is 17.0 Å². The molecule has 3 aromatic carbocycles. The molecule has 7 nitrogen and oxygen atoms in total. The minimum Gasteiger partial charge on any atom is -0.350 e. The highest BCUT2D eigenvalue weighted by Gasteiger charge is 2.34. The summed E-state index contributed by atoms with van der Waals surface area (Å²) in [6, 6.07) is 15.8. The predicted octanol–water partition coefficient (Wildman–Crippen LogP) is 6.45. The summed E-state index contributed by atoms with van der Waals surface area (Å²) in [6.07, 6.45) is 0. The third kappa shape index (κ3) is 8.03. The highest BCUT2D eigenvalue weighted by atomic mass is 35.5. The van der Waals surface area contributed by atoms with Gasteiger partial charge < -0.3 is 10.2 Å². The Morgan fingerprint density at radius 3 is 2.00 bits per heavy atom. The number of hydrogen-bond acceptors (Lipinski definition) is 4. The van der Waals surface area contributed by atoms with Crippen molar-refractivity contribution in [2.24, 2.45) is 0 Å². The van der Waals surface area contributed by atoms with Crippen molar-refractivity contribution in [2.45, 2.75) is 71.5 Å². The van der Waals surface area contributed by atoms with Crippen LogP contribution in [0.25, 0.3) is 0 Å². The van der Waals surface area contributed by atoms with E-state index in [9.17, 15) is 18.0 Å². The van der Waals surface area contributed by atoms with E-state index >= 15 is 0 Å². The summed E-state index contributed by atoms with van der Waals surface area (Å²) in [5.41, 5.74) is 2.81. The molecule has 0 aliphatic carbocycles. The fraction of sp³-hybridized carbons (Fsp3) is 0.355. The number of nitrogens with zero attached hydrogens (tertiary/aromatic N) is 2. The largest absolute Gasteiger partial charge is 0.350 e. The molecule has 0 saturated carbocycles. The zero-order valence-corrected chi connectivity index (χ0v) is 26.8. The van der Waals surface area contributed by atoms with Gasteiger partial charge in [-0.05, 0) is 84.4 Å². The quantitative estimate of drug-likeness (QED) is 0.299. The monoisotopic (exact) mass is 617 g/mol. The zero-order chi connectivity index (χ0) is 30.7. The Morgan fingerprint density at radius 1 is 0.902 bits per heavy atom. The lowest BCUT2D eigenvalue weighted by atomic mass is 10.1. The van der Waals surface area contributed by atoms with Crippen LogP contribution < -0.4 is 9.62 Å². The van der Waals surface area contributed by atoms with E-state index in [0.29, 0.717) is 26.9 Å². The summed E-state index contributed by atoms with van der Waals surface area (Å²) in [5.74, 6) is -0.985. The van der Waals surface area contributed by atoms with Gasteiger partial charge in [-0.2, -0.15) is 0 Å². The maximum atomic E-state index is 14.1. The fourth-order valence-corrected chi connectivity index (χ4v) is 6.34. The van der Waals surface area contributed by atoms with Crippen LogP contribution in [0, 0.1) is 20.8 Å². The molecule has 0 saturated heterocycles. The highest BCUT2D eigenvalue weighted by molar-refractivity contribution is 7.92. The lowest BCUT2D eigenvalue weighted by Gasteiger charge is -2.34. The van der Waals surface area contributed by atoms with E-state index in [1.54, 1.807) is 56.3 Å². The molecule has 0 fully saturated rings. The minimum atomic E-state index is -4.17. The van der Waals surface area contributed by atoms with Gasteiger partial charge in [-0.15, -0.1) is 0 Å². The fourth-order valence-electron chi connectivity index (χ4n) is 4.35. The van der Waals surface area contributed by atoms with Gasteiger partial charge in [0, 0.05) is 27.7 Å². The molecule has 2 amide bonds. The van der Waals surface area contributed by atoms with E-state index in [4.69, 9.17) is 23.2 Å². The Bertz CT molecular complexity index is 1510. The van der Waals surface area contributed by atoms with E-state index in [1.807, 2.05) is 40.7 Å². The maximum Gasteiger partial charge on any atom is 0.264 e. The van der Waals surface area contributed by atoms with Crippen molar-refractivity contribution < 1.29 is 18.0 Å². The van der Waals surface area contributed by atoms with Crippen LogP contribution in [0.15, 0.2) is 65.6 Å². The van der Waals surface area contributed by atoms with Crippen LogP contribution in [0.4, 0.5) is 5.69 Å². The molecule has 0 radical (unpaired) electrons. The van der Waals surface area contributed by atoms with Crippen molar-refractivity contribution in [1.82, 2.24) is 10.2 Å². The summed E-state index contributed by atoms with van der Waals surface area (Å²) in [4.78, 5) is 28.8. The lowest BCUT2D eigenvalue weighted by Crippen LogP contribution is -2.54. The Morgan fingerprint density at radius 2 is 1.46 bits per heavy atom. The third-order valence-corrected chi connectivity index (χ3v) is 9.05. The Hall–Kier alpha value is -3.07. The number of sulfonamides is 1. The van der Waals surface area contributed by atoms with Crippen molar-refractivity contribution in [2.75, 3.05) is 10.8 Å². The van der Waals surface area contributed by atoms with Crippen molar-refractivity contribution in [3.05, 3.63) is 93.0 Å². The molecule has 41 heavy (non-hydrogen) atoms. The molecule has 0 aliphatic heterocycles. The summed E-state index contributed by atoms with van der Waals surface area (Å²) in [6.45, 7) is 12.0. The number of aryl methyl sites for hydroxylation is 3. The number of hydrogen-bond donors (Lipinski definition) is 1. The molecule has 0 unspecified atom stereocenters. The first-order valence-corrected chi connectivity index (χ1v) is 15.4. The van der Waals surface area contributed by atoms with E-state index in [-0.39, 0.29) is 11.4 Å².